The van der Waals surface area contributed by atoms with Crippen molar-refractivity contribution in [2.75, 3.05) is 0 Å². The molecule has 16 heavy (non-hydrogen) atoms. The van der Waals surface area contributed by atoms with E-state index < -0.39 is 0 Å². The summed E-state index contributed by atoms with van der Waals surface area (Å²) in [4.78, 5) is 4.08. The van der Waals surface area contributed by atoms with Crippen LogP contribution in [0.15, 0.2) is 36.5 Å². The number of rotatable bonds is 1. The third-order valence-corrected chi connectivity index (χ3v) is 2.40. The fourth-order valence-corrected chi connectivity index (χ4v) is 1.54. The highest BCUT2D eigenvalue weighted by Gasteiger charge is 2.04. The van der Waals surface area contributed by atoms with Crippen LogP contribution in [-0.2, 0) is 0 Å². The van der Waals surface area contributed by atoms with Crippen molar-refractivity contribution >= 4 is 0 Å². The first-order valence-electron chi connectivity index (χ1n) is 4.87. The summed E-state index contributed by atoms with van der Waals surface area (Å²) in [5.41, 5.74) is 3.29. The van der Waals surface area contributed by atoms with Gasteiger partial charge in [0.15, 0.2) is 0 Å². The van der Waals surface area contributed by atoms with Crippen LogP contribution in [0.25, 0.3) is 11.1 Å². The van der Waals surface area contributed by atoms with Crippen molar-refractivity contribution in [3.8, 4) is 22.9 Å². The topological polar surface area (TPSA) is 56.9 Å². The lowest BCUT2D eigenvalue weighted by Crippen LogP contribution is -1.87. The van der Waals surface area contributed by atoms with Crippen LogP contribution in [0, 0.1) is 18.3 Å². The van der Waals surface area contributed by atoms with Gasteiger partial charge in [-0.2, -0.15) is 5.26 Å². The molecule has 0 spiro atoms. The Hall–Kier alpha value is -2.34. The molecule has 3 heteroatoms. The van der Waals surface area contributed by atoms with Gasteiger partial charge in [-0.25, -0.2) is 0 Å². The van der Waals surface area contributed by atoms with Gasteiger partial charge in [-0.3, -0.25) is 4.98 Å². The molecule has 78 valence electrons. The highest BCUT2D eigenvalue weighted by atomic mass is 16.3. The van der Waals surface area contributed by atoms with E-state index in [4.69, 9.17) is 5.26 Å². The molecule has 0 saturated heterocycles. The average molecular weight is 210 g/mol. The fourth-order valence-electron chi connectivity index (χ4n) is 1.54. The van der Waals surface area contributed by atoms with Crippen molar-refractivity contribution in [1.82, 2.24) is 4.98 Å². The van der Waals surface area contributed by atoms with Crippen molar-refractivity contribution in [3.63, 3.8) is 0 Å². The highest BCUT2D eigenvalue weighted by Crippen LogP contribution is 2.25. The number of hydrogen-bond acceptors (Lipinski definition) is 3. The Labute approximate surface area is 93.6 Å². The van der Waals surface area contributed by atoms with Crippen LogP contribution in [0.4, 0.5) is 0 Å². The van der Waals surface area contributed by atoms with Gasteiger partial charge in [0, 0.05) is 11.3 Å². The first-order valence-corrected chi connectivity index (χ1v) is 4.87. The Morgan fingerprint density at radius 3 is 2.56 bits per heavy atom. The smallest absolute Gasteiger partial charge is 0.134 e. The molecule has 0 bridgehead atoms. The molecule has 1 aromatic heterocycles. The molecule has 0 aliphatic carbocycles. The van der Waals surface area contributed by atoms with E-state index in [1.54, 1.807) is 18.2 Å². The van der Waals surface area contributed by atoms with Crippen LogP contribution < -0.4 is 0 Å². The average Bonchev–Trinajstić information content (AvgIpc) is 2.32. The number of pyridine rings is 1. The summed E-state index contributed by atoms with van der Waals surface area (Å²) in [7, 11) is 0. The van der Waals surface area contributed by atoms with E-state index >= 15 is 0 Å². The normalized spacial score (nSPS) is 9.75. The number of nitrogens with zero attached hydrogens (tertiary/aromatic N) is 2. The summed E-state index contributed by atoms with van der Waals surface area (Å²) in [6.45, 7) is 1.88. The van der Waals surface area contributed by atoms with Gasteiger partial charge in [-0.05, 0) is 30.7 Å². The van der Waals surface area contributed by atoms with Crippen LogP contribution in [0.5, 0.6) is 5.75 Å². The lowest BCUT2D eigenvalue weighted by Gasteiger charge is -2.05. The summed E-state index contributed by atoms with van der Waals surface area (Å²) < 4.78 is 0. The van der Waals surface area contributed by atoms with Crippen molar-refractivity contribution < 1.29 is 5.11 Å². The van der Waals surface area contributed by atoms with E-state index in [1.165, 1.54) is 6.20 Å². The maximum absolute atomic E-state index is 9.38. The molecule has 2 aromatic rings. The Morgan fingerprint density at radius 2 is 1.94 bits per heavy atom. The Kier molecular flexibility index (Phi) is 2.57. The minimum atomic E-state index is 0.143. The minimum Gasteiger partial charge on any atom is -0.506 e. The molecule has 2 rings (SSSR count). The molecule has 0 amide bonds. The maximum atomic E-state index is 9.38. The van der Waals surface area contributed by atoms with Gasteiger partial charge in [-0.1, -0.05) is 12.1 Å². The maximum Gasteiger partial charge on any atom is 0.134 e. The van der Waals surface area contributed by atoms with Crippen LogP contribution >= 0.6 is 0 Å². The van der Waals surface area contributed by atoms with Crippen LogP contribution in [0.3, 0.4) is 0 Å². The number of nitriles is 1. The van der Waals surface area contributed by atoms with E-state index in [0.717, 1.165) is 16.8 Å². The number of aromatic hydroxyl groups is 1. The van der Waals surface area contributed by atoms with Gasteiger partial charge in [0.1, 0.15) is 5.75 Å². The lowest BCUT2D eigenvalue weighted by molar-refractivity contribution is 0.472. The summed E-state index contributed by atoms with van der Waals surface area (Å²) in [6, 6.07) is 10.9. The largest absolute Gasteiger partial charge is 0.506 e. The SMILES string of the molecule is Cc1ncc(O)cc1-c1ccc(C#N)cc1. The minimum absolute atomic E-state index is 0.143. The van der Waals surface area contributed by atoms with Gasteiger partial charge < -0.3 is 5.11 Å². The number of aromatic nitrogens is 1. The van der Waals surface area contributed by atoms with Gasteiger partial charge in [0.25, 0.3) is 0 Å². The molecule has 0 unspecified atom stereocenters. The predicted molar refractivity (Wildman–Crippen MR) is 60.8 cm³/mol. The summed E-state index contributed by atoms with van der Waals surface area (Å²) in [5.74, 6) is 0.143. The predicted octanol–water partition coefficient (Wildman–Crippen LogP) is 2.63. The second-order valence-electron chi connectivity index (χ2n) is 3.52. The summed E-state index contributed by atoms with van der Waals surface area (Å²) in [5, 5.41) is 18.1. The van der Waals surface area contributed by atoms with Crippen molar-refractivity contribution in [2.45, 2.75) is 6.92 Å². The molecule has 0 saturated carbocycles. The van der Waals surface area contributed by atoms with Gasteiger partial charge >= 0.3 is 0 Å². The first-order chi connectivity index (χ1) is 7.70. The number of hydrogen-bond donors (Lipinski definition) is 1. The summed E-state index contributed by atoms with van der Waals surface area (Å²) >= 11 is 0. The molecular weight excluding hydrogens is 200 g/mol. The van der Waals surface area contributed by atoms with E-state index in [-0.39, 0.29) is 5.75 Å². The van der Waals surface area contributed by atoms with E-state index in [1.807, 2.05) is 19.1 Å². The Morgan fingerprint density at radius 1 is 1.25 bits per heavy atom. The van der Waals surface area contributed by atoms with Crippen LogP contribution in [-0.4, -0.2) is 10.1 Å². The molecule has 1 heterocycles. The van der Waals surface area contributed by atoms with Gasteiger partial charge in [-0.15, -0.1) is 0 Å². The summed E-state index contributed by atoms with van der Waals surface area (Å²) in [6.07, 6.45) is 1.42. The Bertz CT molecular complexity index is 553. The second kappa shape index (κ2) is 4.03. The quantitative estimate of drug-likeness (QED) is 0.787. The molecule has 0 atom stereocenters. The molecule has 0 fully saturated rings. The van der Waals surface area contributed by atoms with Gasteiger partial charge in [0.05, 0.1) is 17.8 Å². The van der Waals surface area contributed by atoms with E-state index in [9.17, 15) is 5.11 Å². The van der Waals surface area contributed by atoms with Crippen molar-refractivity contribution in [2.24, 2.45) is 0 Å². The number of benzene rings is 1. The third kappa shape index (κ3) is 1.86. The zero-order valence-corrected chi connectivity index (χ0v) is 8.81. The van der Waals surface area contributed by atoms with Crippen molar-refractivity contribution in [1.29, 1.82) is 5.26 Å². The molecule has 0 aliphatic rings. The molecule has 1 N–H and O–H groups in total. The Balaban J connectivity index is 2.50. The third-order valence-electron chi connectivity index (χ3n) is 2.40. The zero-order valence-electron chi connectivity index (χ0n) is 8.81. The molecule has 1 aromatic carbocycles. The number of aryl methyl sites for hydroxylation is 1. The first kappa shape index (κ1) is 10.2. The monoisotopic (exact) mass is 210 g/mol. The van der Waals surface area contributed by atoms with Crippen LogP contribution in [0.1, 0.15) is 11.3 Å². The van der Waals surface area contributed by atoms with Gasteiger partial charge in [0.2, 0.25) is 0 Å². The molecule has 0 radical (unpaired) electrons. The zero-order chi connectivity index (χ0) is 11.5. The van der Waals surface area contributed by atoms with E-state index in [0.29, 0.717) is 5.56 Å². The highest BCUT2D eigenvalue weighted by molar-refractivity contribution is 5.67. The van der Waals surface area contributed by atoms with E-state index in [2.05, 4.69) is 11.1 Å². The van der Waals surface area contributed by atoms with Crippen LogP contribution in [0.2, 0.25) is 0 Å². The molecule has 0 aliphatic heterocycles. The molecular formula is C13H10N2O. The second-order valence-corrected chi connectivity index (χ2v) is 3.52. The fraction of sp³-hybridized carbons (Fsp3) is 0.0769. The van der Waals surface area contributed by atoms with Crippen molar-refractivity contribution in [3.05, 3.63) is 47.8 Å². The molecule has 3 nitrogen and oxygen atoms in total. The lowest BCUT2D eigenvalue weighted by atomic mass is 10.0. The standard InChI is InChI=1S/C13H10N2O/c1-9-13(6-12(16)8-15-9)11-4-2-10(7-14)3-5-11/h2-6,8,16H,1H3.